The molecule has 0 aliphatic carbocycles. The van der Waals surface area contributed by atoms with Gasteiger partial charge in [-0.25, -0.2) is 0 Å². The Morgan fingerprint density at radius 3 is 3.00 bits per heavy atom. The molecular weight excluding hydrogens is 168 g/mol. The second-order valence-electron chi connectivity index (χ2n) is 3.63. The lowest BCUT2D eigenvalue weighted by Crippen LogP contribution is -2.48. The van der Waals surface area contributed by atoms with Gasteiger partial charge in [-0.3, -0.25) is 4.79 Å². The van der Waals surface area contributed by atoms with Gasteiger partial charge >= 0.3 is 0 Å². The third-order valence-corrected chi connectivity index (χ3v) is 2.05. The summed E-state index contributed by atoms with van der Waals surface area (Å²) in [7, 11) is 0. The van der Waals surface area contributed by atoms with Crippen LogP contribution in [0.4, 0.5) is 0 Å². The molecule has 1 aliphatic heterocycles. The maximum Gasteiger partial charge on any atom is 0.222 e. The highest BCUT2D eigenvalue weighted by atomic mass is 16.5. The van der Waals surface area contributed by atoms with Crippen LogP contribution in [0.3, 0.4) is 0 Å². The Morgan fingerprint density at radius 2 is 2.46 bits per heavy atom. The molecule has 1 aliphatic rings. The van der Waals surface area contributed by atoms with E-state index in [0.717, 1.165) is 13.2 Å². The van der Waals surface area contributed by atoms with E-state index < -0.39 is 0 Å². The van der Waals surface area contributed by atoms with Crippen LogP contribution in [0.1, 0.15) is 13.8 Å². The average Bonchev–Trinajstić information content (AvgIpc) is 2.15. The minimum Gasteiger partial charge on any atom is -0.378 e. The molecule has 0 spiro atoms. The van der Waals surface area contributed by atoms with Gasteiger partial charge in [0.25, 0.3) is 0 Å². The molecule has 76 valence electrons. The maximum atomic E-state index is 11.2. The van der Waals surface area contributed by atoms with Crippen molar-refractivity contribution in [3.63, 3.8) is 0 Å². The zero-order valence-corrected chi connectivity index (χ0v) is 8.30. The third kappa shape index (κ3) is 3.74. The van der Waals surface area contributed by atoms with Crippen molar-refractivity contribution in [1.82, 2.24) is 10.6 Å². The van der Waals surface area contributed by atoms with Crippen LogP contribution in [0, 0.1) is 5.92 Å². The van der Waals surface area contributed by atoms with Gasteiger partial charge in [0.2, 0.25) is 5.91 Å². The molecule has 1 amide bonds. The smallest absolute Gasteiger partial charge is 0.222 e. The van der Waals surface area contributed by atoms with Crippen LogP contribution in [-0.2, 0) is 9.53 Å². The molecule has 0 radical (unpaired) electrons. The number of nitrogens with one attached hydrogen (secondary N) is 2. The van der Waals surface area contributed by atoms with Gasteiger partial charge in [-0.05, 0) is 0 Å². The van der Waals surface area contributed by atoms with Gasteiger partial charge in [0.1, 0.15) is 0 Å². The molecule has 0 bridgehead atoms. The molecule has 1 fully saturated rings. The Balaban J connectivity index is 2.13. The number of ether oxygens (including phenoxy) is 1. The number of hydrogen-bond donors (Lipinski definition) is 2. The van der Waals surface area contributed by atoms with Crippen molar-refractivity contribution in [2.45, 2.75) is 19.9 Å². The van der Waals surface area contributed by atoms with E-state index in [9.17, 15) is 4.79 Å². The van der Waals surface area contributed by atoms with Crippen molar-refractivity contribution in [3.8, 4) is 0 Å². The first-order valence-corrected chi connectivity index (χ1v) is 4.79. The summed E-state index contributed by atoms with van der Waals surface area (Å²) < 4.78 is 5.26. The third-order valence-electron chi connectivity index (χ3n) is 2.05. The van der Waals surface area contributed by atoms with Crippen LogP contribution in [0.5, 0.6) is 0 Å². The zero-order chi connectivity index (χ0) is 9.68. The van der Waals surface area contributed by atoms with E-state index in [2.05, 4.69) is 10.6 Å². The highest BCUT2D eigenvalue weighted by Gasteiger charge is 2.14. The molecule has 4 heteroatoms. The molecule has 0 unspecified atom stereocenters. The average molecular weight is 186 g/mol. The molecule has 0 aromatic carbocycles. The normalized spacial score (nSPS) is 23.2. The van der Waals surface area contributed by atoms with Crippen LogP contribution in [0.15, 0.2) is 0 Å². The summed E-state index contributed by atoms with van der Waals surface area (Å²) in [6.45, 7) is 6.78. The lowest BCUT2D eigenvalue weighted by molar-refractivity contribution is -0.124. The minimum atomic E-state index is 0.0597. The van der Waals surface area contributed by atoms with Crippen LogP contribution >= 0.6 is 0 Å². The molecule has 0 aromatic heterocycles. The standard InChI is InChI=1S/C9H18N2O2/c1-7(2)9(12)11-5-8-6-13-4-3-10-8/h7-8,10H,3-6H2,1-2H3,(H,11,12)/t8-/m1/s1. The predicted molar refractivity (Wildman–Crippen MR) is 50.5 cm³/mol. The summed E-state index contributed by atoms with van der Waals surface area (Å²) in [5.74, 6) is 0.164. The first-order chi connectivity index (χ1) is 6.20. The molecule has 1 saturated heterocycles. The van der Waals surface area contributed by atoms with E-state index in [0.29, 0.717) is 13.2 Å². The number of carbonyl (C=O) groups excluding carboxylic acids is 1. The number of hydrogen-bond acceptors (Lipinski definition) is 3. The van der Waals surface area contributed by atoms with Crippen LogP contribution in [-0.4, -0.2) is 38.3 Å². The van der Waals surface area contributed by atoms with Crippen LogP contribution in [0.25, 0.3) is 0 Å². The first kappa shape index (κ1) is 10.5. The van der Waals surface area contributed by atoms with E-state index >= 15 is 0 Å². The van der Waals surface area contributed by atoms with Gasteiger partial charge in [0.15, 0.2) is 0 Å². The monoisotopic (exact) mass is 186 g/mol. The molecule has 1 heterocycles. The number of carbonyl (C=O) groups is 1. The quantitative estimate of drug-likeness (QED) is 0.639. The van der Waals surface area contributed by atoms with Crippen LogP contribution < -0.4 is 10.6 Å². The molecule has 2 N–H and O–H groups in total. The molecule has 4 nitrogen and oxygen atoms in total. The number of morpholine rings is 1. The zero-order valence-electron chi connectivity index (χ0n) is 8.30. The predicted octanol–water partition coefficient (Wildman–Crippen LogP) is -0.253. The fraction of sp³-hybridized carbons (Fsp3) is 0.889. The first-order valence-electron chi connectivity index (χ1n) is 4.79. The number of amides is 1. The van der Waals surface area contributed by atoms with Gasteiger partial charge in [0.05, 0.1) is 13.2 Å². The van der Waals surface area contributed by atoms with Crippen LogP contribution in [0.2, 0.25) is 0 Å². The molecule has 0 saturated carbocycles. The van der Waals surface area contributed by atoms with Crippen molar-refractivity contribution < 1.29 is 9.53 Å². The highest BCUT2D eigenvalue weighted by molar-refractivity contribution is 5.77. The summed E-state index contributed by atoms with van der Waals surface area (Å²) in [5, 5.41) is 6.14. The van der Waals surface area contributed by atoms with E-state index in [1.54, 1.807) is 0 Å². The molecule has 1 atom stereocenters. The Morgan fingerprint density at radius 1 is 1.69 bits per heavy atom. The summed E-state index contributed by atoms with van der Waals surface area (Å²) >= 11 is 0. The highest BCUT2D eigenvalue weighted by Crippen LogP contribution is 1.94. The summed E-state index contributed by atoms with van der Waals surface area (Å²) in [4.78, 5) is 11.2. The number of rotatable bonds is 3. The fourth-order valence-electron chi connectivity index (χ4n) is 1.18. The van der Waals surface area contributed by atoms with E-state index in [-0.39, 0.29) is 17.9 Å². The van der Waals surface area contributed by atoms with Crippen molar-refractivity contribution in [3.05, 3.63) is 0 Å². The Kier molecular flexibility index (Phi) is 4.18. The maximum absolute atomic E-state index is 11.2. The minimum absolute atomic E-state index is 0.0597. The summed E-state index contributed by atoms with van der Waals surface area (Å²) in [6.07, 6.45) is 0. The summed E-state index contributed by atoms with van der Waals surface area (Å²) in [5.41, 5.74) is 0. The Bertz CT molecular complexity index is 165. The lowest BCUT2D eigenvalue weighted by atomic mass is 10.2. The molecule has 0 aromatic rings. The van der Waals surface area contributed by atoms with E-state index in [4.69, 9.17) is 4.74 Å². The SMILES string of the molecule is CC(C)C(=O)NC[C@@H]1COCCN1. The molecule has 13 heavy (non-hydrogen) atoms. The van der Waals surface area contributed by atoms with Gasteiger partial charge in [-0.2, -0.15) is 0 Å². The van der Waals surface area contributed by atoms with Gasteiger partial charge < -0.3 is 15.4 Å². The topological polar surface area (TPSA) is 50.4 Å². The van der Waals surface area contributed by atoms with Gasteiger partial charge in [-0.15, -0.1) is 0 Å². The lowest BCUT2D eigenvalue weighted by Gasteiger charge is -2.24. The second kappa shape index (κ2) is 5.19. The van der Waals surface area contributed by atoms with Crippen molar-refractivity contribution in [2.24, 2.45) is 5.92 Å². The Hall–Kier alpha value is -0.610. The largest absolute Gasteiger partial charge is 0.378 e. The van der Waals surface area contributed by atoms with Gasteiger partial charge in [0, 0.05) is 25.0 Å². The van der Waals surface area contributed by atoms with Crippen molar-refractivity contribution in [1.29, 1.82) is 0 Å². The van der Waals surface area contributed by atoms with Gasteiger partial charge in [-0.1, -0.05) is 13.8 Å². The second-order valence-corrected chi connectivity index (χ2v) is 3.63. The fourth-order valence-corrected chi connectivity index (χ4v) is 1.18. The van der Waals surface area contributed by atoms with Crippen molar-refractivity contribution >= 4 is 5.91 Å². The van der Waals surface area contributed by atoms with E-state index in [1.807, 2.05) is 13.8 Å². The van der Waals surface area contributed by atoms with Crippen molar-refractivity contribution in [2.75, 3.05) is 26.3 Å². The Labute approximate surface area is 79.0 Å². The molecular formula is C9H18N2O2. The van der Waals surface area contributed by atoms with E-state index in [1.165, 1.54) is 0 Å². The summed E-state index contributed by atoms with van der Waals surface area (Å²) in [6, 6.07) is 0.274. The molecule has 1 rings (SSSR count).